The lowest BCUT2D eigenvalue weighted by molar-refractivity contribution is -0.120. The number of hydrogen-bond donors (Lipinski definition) is 2. The Bertz CT molecular complexity index is 486. The summed E-state index contributed by atoms with van der Waals surface area (Å²) in [6.07, 6.45) is 0.888. The van der Waals surface area contributed by atoms with Gasteiger partial charge in [0.2, 0.25) is 5.91 Å². The molecule has 0 atom stereocenters. The van der Waals surface area contributed by atoms with Gasteiger partial charge in [-0.2, -0.15) is 0 Å². The van der Waals surface area contributed by atoms with Gasteiger partial charge < -0.3 is 15.2 Å². The Morgan fingerprint density at radius 3 is 2.89 bits per heavy atom. The maximum Gasteiger partial charge on any atom is 0.250 e. The fourth-order valence-electron chi connectivity index (χ4n) is 1.58. The Kier molecular flexibility index (Phi) is 6.65. The van der Waals surface area contributed by atoms with Crippen LogP contribution in [0.2, 0.25) is 0 Å². The van der Waals surface area contributed by atoms with Crippen molar-refractivity contribution in [3.8, 4) is 11.8 Å². The summed E-state index contributed by atoms with van der Waals surface area (Å²) in [5, 5.41) is 11.4. The lowest BCUT2D eigenvalue weighted by Gasteiger charge is -2.07. The Balaban J connectivity index is 2.67. The second-order valence-corrected chi connectivity index (χ2v) is 4.15. The summed E-state index contributed by atoms with van der Waals surface area (Å²) in [5.41, 5.74) is 2.45. The molecule has 0 aliphatic rings. The van der Waals surface area contributed by atoms with E-state index in [1.807, 2.05) is 26.0 Å². The Morgan fingerprint density at radius 2 is 2.21 bits per heavy atom. The number of carbonyl (C=O) groups is 1. The molecule has 0 spiro atoms. The van der Waals surface area contributed by atoms with E-state index in [0.29, 0.717) is 12.3 Å². The number of anilines is 1. The molecule has 19 heavy (non-hydrogen) atoms. The van der Waals surface area contributed by atoms with E-state index in [9.17, 15) is 4.79 Å². The second kappa shape index (κ2) is 8.30. The molecule has 1 aromatic rings. The van der Waals surface area contributed by atoms with E-state index >= 15 is 0 Å². The molecule has 4 heteroatoms. The van der Waals surface area contributed by atoms with Crippen molar-refractivity contribution in [3.05, 3.63) is 29.3 Å². The van der Waals surface area contributed by atoms with E-state index in [1.54, 1.807) is 6.07 Å². The molecule has 102 valence electrons. The van der Waals surface area contributed by atoms with Gasteiger partial charge in [0.15, 0.2) is 0 Å². The van der Waals surface area contributed by atoms with Gasteiger partial charge in [0, 0.05) is 17.9 Å². The lowest BCUT2D eigenvalue weighted by atomic mass is 10.1. The van der Waals surface area contributed by atoms with Crippen LogP contribution in [0.15, 0.2) is 18.2 Å². The third-order valence-corrected chi connectivity index (χ3v) is 2.25. The summed E-state index contributed by atoms with van der Waals surface area (Å²) >= 11 is 0. The Morgan fingerprint density at radius 1 is 1.42 bits per heavy atom. The van der Waals surface area contributed by atoms with E-state index in [4.69, 9.17) is 9.84 Å². The summed E-state index contributed by atoms with van der Waals surface area (Å²) in [7, 11) is 0. The molecular weight excluding hydrogens is 242 g/mol. The van der Waals surface area contributed by atoms with Gasteiger partial charge in [-0.1, -0.05) is 18.8 Å². The van der Waals surface area contributed by atoms with Crippen molar-refractivity contribution in [1.29, 1.82) is 0 Å². The van der Waals surface area contributed by atoms with Crippen LogP contribution >= 0.6 is 0 Å². The molecule has 1 rings (SSSR count). The Labute approximate surface area is 113 Å². The van der Waals surface area contributed by atoms with Crippen molar-refractivity contribution in [2.45, 2.75) is 20.3 Å². The smallest absolute Gasteiger partial charge is 0.250 e. The van der Waals surface area contributed by atoms with Gasteiger partial charge in [0.1, 0.15) is 13.2 Å². The van der Waals surface area contributed by atoms with Crippen molar-refractivity contribution < 1.29 is 14.6 Å². The zero-order chi connectivity index (χ0) is 14.1. The molecule has 0 radical (unpaired) electrons. The fourth-order valence-corrected chi connectivity index (χ4v) is 1.58. The summed E-state index contributed by atoms with van der Waals surface area (Å²) in [6.45, 7) is 4.37. The van der Waals surface area contributed by atoms with Crippen molar-refractivity contribution >= 4 is 11.6 Å². The number of amides is 1. The van der Waals surface area contributed by atoms with Crippen molar-refractivity contribution in [3.63, 3.8) is 0 Å². The van der Waals surface area contributed by atoms with E-state index in [0.717, 1.165) is 17.5 Å². The lowest BCUT2D eigenvalue weighted by Crippen LogP contribution is -2.18. The van der Waals surface area contributed by atoms with Crippen LogP contribution < -0.4 is 5.32 Å². The molecule has 0 saturated heterocycles. The average Bonchev–Trinajstić information content (AvgIpc) is 2.36. The number of ether oxygens (including phenoxy) is 1. The standard InChI is InChI=1S/C15H19NO3/c1-3-7-19-11-15(18)16-14-9-12(2)8-13(10-14)5-4-6-17/h8-10,17H,3,6-7,11H2,1-2H3,(H,16,18). The first-order valence-corrected chi connectivity index (χ1v) is 6.24. The number of aryl methyl sites for hydroxylation is 1. The van der Waals surface area contributed by atoms with Gasteiger partial charge in [0.25, 0.3) is 0 Å². The highest BCUT2D eigenvalue weighted by atomic mass is 16.5. The minimum atomic E-state index is -0.180. The van der Waals surface area contributed by atoms with Crippen molar-refractivity contribution in [2.24, 2.45) is 0 Å². The zero-order valence-electron chi connectivity index (χ0n) is 11.3. The van der Waals surface area contributed by atoms with Gasteiger partial charge in [-0.05, 0) is 37.1 Å². The molecule has 0 unspecified atom stereocenters. The molecule has 0 heterocycles. The molecule has 0 saturated carbocycles. The normalized spacial score (nSPS) is 9.63. The SMILES string of the molecule is CCCOCC(=O)Nc1cc(C)cc(C#CCO)c1. The molecule has 2 N–H and O–H groups in total. The number of aliphatic hydroxyl groups is 1. The highest BCUT2D eigenvalue weighted by Gasteiger charge is 2.03. The maximum absolute atomic E-state index is 11.6. The highest BCUT2D eigenvalue weighted by molar-refractivity contribution is 5.92. The van der Waals surface area contributed by atoms with Gasteiger partial charge in [-0.15, -0.1) is 0 Å². The topological polar surface area (TPSA) is 58.6 Å². The highest BCUT2D eigenvalue weighted by Crippen LogP contribution is 2.13. The molecular formula is C15H19NO3. The third kappa shape index (κ3) is 6.05. The Hall–Kier alpha value is -1.83. The zero-order valence-corrected chi connectivity index (χ0v) is 11.3. The second-order valence-electron chi connectivity index (χ2n) is 4.15. The minimum Gasteiger partial charge on any atom is -0.384 e. The van der Waals surface area contributed by atoms with Crippen LogP contribution in [0.25, 0.3) is 0 Å². The van der Waals surface area contributed by atoms with Crippen LogP contribution in [-0.4, -0.2) is 30.8 Å². The van der Waals surface area contributed by atoms with E-state index in [2.05, 4.69) is 17.2 Å². The number of nitrogens with one attached hydrogen (secondary N) is 1. The monoisotopic (exact) mass is 261 g/mol. The molecule has 1 amide bonds. The molecule has 0 aliphatic heterocycles. The third-order valence-electron chi connectivity index (χ3n) is 2.25. The first-order chi connectivity index (χ1) is 9.15. The van der Waals surface area contributed by atoms with Crippen molar-refractivity contribution in [2.75, 3.05) is 25.1 Å². The summed E-state index contributed by atoms with van der Waals surface area (Å²) in [5.74, 6) is 5.22. The van der Waals surface area contributed by atoms with E-state index < -0.39 is 0 Å². The van der Waals surface area contributed by atoms with E-state index in [-0.39, 0.29) is 19.1 Å². The van der Waals surface area contributed by atoms with Gasteiger partial charge in [0.05, 0.1) is 0 Å². The number of aliphatic hydroxyl groups excluding tert-OH is 1. The molecule has 1 aromatic carbocycles. The first kappa shape index (κ1) is 15.2. The average molecular weight is 261 g/mol. The van der Waals surface area contributed by atoms with E-state index in [1.165, 1.54) is 0 Å². The summed E-state index contributed by atoms with van der Waals surface area (Å²) in [4.78, 5) is 11.6. The quantitative estimate of drug-likeness (QED) is 0.626. The van der Waals surface area contributed by atoms with Crippen LogP contribution in [0.1, 0.15) is 24.5 Å². The molecule has 4 nitrogen and oxygen atoms in total. The fraction of sp³-hybridized carbons (Fsp3) is 0.400. The van der Waals surface area contributed by atoms with Crippen molar-refractivity contribution in [1.82, 2.24) is 0 Å². The van der Waals surface area contributed by atoms with Crippen LogP contribution in [0.5, 0.6) is 0 Å². The first-order valence-electron chi connectivity index (χ1n) is 6.24. The molecule has 0 fully saturated rings. The predicted octanol–water partition coefficient (Wildman–Crippen LogP) is 1.70. The number of hydrogen-bond acceptors (Lipinski definition) is 3. The number of carbonyl (C=O) groups excluding carboxylic acids is 1. The van der Waals surface area contributed by atoms with Gasteiger partial charge in [-0.3, -0.25) is 4.79 Å². The predicted molar refractivity (Wildman–Crippen MR) is 74.9 cm³/mol. The van der Waals surface area contributed by atoms with Gasteiger partial charge >= 0.3 is 0 Å². The maximum atomic E-state index is 11.6. The minimum absolute atomic E-state index is 0.0550. The van der Waals surface area contributed by atoms with Crippen LogP contribution in [0.4, 0.5) is 5.69 Å². The van der Waals surface area contributed by atoms with Crippen LogP contribution in [0, 0.1) is 18.8 Å². The molecule has 0 aliphatic carbocycles. The summed E-state index contributed by atoms with van der Waals surface area (Å²) in [6, 6.07) is 5.53. The molecule has 0 bridgehead atoms. The van der Waals surface area contributed by atoms with Crippen LogP contribution in [-0.2, 0) is 9.53 Å². The van der Waals surface area contributed by atoms with Gasteiger partial charge in [-0.25, -0.2) is 0 Å². The largest absolute Gasteiger partial charge is 0.384 e. The number of rotatable bonds is 5. The molecule has 0 aromatic heterocycles. The summed E-state index contributed by atoms with van der Waals surface area (Å²) < 4.78 is 5.17. The van der Waals surface area contributed by atoms with Crippen LogP contribution in [0.3, 0.4) is 0 Å². The number of benzene rings is 1.